The number of halogens is 1. The first-order valence-corrected chi connectivity index (χ1v) is 7.87. The number of aromatic nitrogens is 2. The highest BCUT2D eigenvalue weighted by molar-refractivity contribution is 6.33. The predicted octanol–water partition coefficient (Wildman–Crippen LogP) is 2.60. The van der Waals surface area contributed by atoms with Crippen molar-refractivity contribution < 1.29 is 4.79 Å². The Hall–Kier alpha value is -1.85. The van der Waals surface area contributed by atoms with Crippen LogP contribution in [0.5, 0.6) is 0 Å². The molecule has 2 aromatic rings. The minimum absolute atomic E-state index is 0.121. The van der Waals surface area contributed by atoms with Crippen LogP contribution in [-0.2, 0) is 0 Å². The standard InChI is InChI=1S/C16H19ClN4O/c1-10-14(7-4-8-18-10)20-16(22)12-9-19-21-15(12)11-5-2-3-6-13(11)17/h2-3,5-6,9-10,14,18H,4,7-8H2,1H3,(H,19,21)(H,20,22). The van der Waals surface area contributed by atoms with E-state index in [1.54, 1.807) is 12.3 Å². The second-order valence-corrected chi connectivity index (χ2v) is 6.01. The molecule has 3 N–H and O–H groups in total. The van der Waals surface area contributed by atoms with Gasteiger partial charge in [0.15, 0.2) is 0 Å². The zero-order valence-corrected chi connectivity index (χ0v) is 13.2. The van der Waals surface area contributed by atoms with Crippen molar-refractivity contribution in [2.24, 2.45) is 0 Å². The largest absolute Gasteiger partial charge is 0.348 e. The average molecular weight is 319 g/mol. The molecule has 1 aliphatic rings. The first-order chi connectivity index (χ1) is 10.7. The molecule has 116 valence electrons. The van der Waals surface area contributed by atoms with Crippen molar-refractivity contribution in [1.29, 1.82) is 0 Å². The lowest BCUT2D eigenvalue weighted by Crippen LogP contribution is -2.51. The second kappa shape index (κ2) is 6.50. The molecule has 6 heteroatoms. The third-order valence-corrected chi connectivity index (χ3v) is 4.44. The Bertz CT molecular complexity index is 670. The molecule has 0 saturated carbocycles. The summed E-state index contributed by atoms with van der Waals surface area (Å²) in [5.74, 6) is -0.121. The van der Waals surface area contributed by atoms with Crippen molar-refractivity contribution in [3.8, 4) is 11.3 Å². The molecule has 0 bridgehead atoms. The molecule has 1 aliphatic heterocycles. The van der Waals surface area contributed by atoms with Crippen molar-refractivity contribution >= 4 is 17.5 Å². The monoisotopic (exact) mass is 318 g/mol. The number of H-pyrrole nitrogens is 1. The van der Waals surface area contributed by atoms with Crippen molar-refractivity contribution in [1.82, 2.24) is 20.8 Å². The SMILES string of the molecule is CC1NCCCC1NC(=O)c1cn[nH]c1-c1ccccc1Cl. The lowest BCUT2D eigenvalue weighted by Gasteiger charge is -2.30. The van der Waals surface area contributed by atoms with Gasteiger partial charge >= 0.3 is 0 Å². The molecule has 0 spiro atoms. The quantitative estimate of drug-likeness (QED) is 0.814. The Labute approximate surface area is 134 Å². The molecule has 1 aromatic carbocycles. The van der Waals surface area contributed by atoms with Crippen LogP contribution < -0.4 is 10.6 Å². The van der Waals surface area contributed by atoms with Crippen LogP contribution in [0.3, 0.4) is 0 Å². The maximum atomic E-state index is 12.6. The van der Waals surface area contributed by atoms with E-state index in [2.05, 4.69) is 27.8 Å². The fourth-order valence-corrected chi connectivity index (χ4v) is 3.05. The number of carbonyl (C=O) groups excluding carboxylic acids is 1. The normalized spacial score (nSPS) is 21.5. The predicted molar refractivity (Wildman–Crippen MR) is 87.0 cm³/mol. The summed E-state index contributed by atoms with van der Waals surface area (Å²) in [6.07, 6.45) is 3.60. The summed E-state index contributed by atoms with van der Waals surface area (Å²) in [6, 6.07) is 7.82. The maximum absolute atomic E-state index is 12.6. The summed E-state index contributed by atoms with van der Waals surface area (Å²) >= 11 is 6.22. The summed E-state index contributed by atoms with van der Waals surface area (Å²) in [6.45, 7) is 3.10. The van der Waals surface area contributed by atoms with Crippen molar-refractivity contribution in [2.75, 3.05) is 6.54 Å². The number of aromatic amines is 1. The maximum Gasteiger partial charge on any atom is 0.255 e. The topological polar surface area (TPSA) is 69.8 Å². The Kier molecular flexibility index (Phi) is 4.45. The smallest absolute Gasteiger partial charge is 0.255 e. The third-order valence-electron chi connectivity index (χ3n) is 4.11. The van der Waals surface area contributed by atoms with E-state index in [9.17, 15) is 4.79 Å². The lowest BCUT2D eigenvalue weighted by molar-refractivity contribution is 0.0920. The lowest BCUT2D eigenvalue weighted by atomic mass is 9.99. The second-order valence-electron chi connectivity index (χ2n) is 5.60. The number of nitrogens with one attached hydrogen (secondary N) is 3. The number of amides is 1. The van der Waals surface area contributed by atoms with Gasteiger partial charge in [-0.3, -0.25) is 9.89 Å². The fraction of sp³-hybridized carbons (Fsp3) is 0.375. The van der Waals surface area contributed by atoms with E-state index in [-0.39, 0.29) is 18.0 Å². The van der Waals surface area contributed by atoms with Crippen LogP contribution in [0.1, 0.15) is 30.1 Å². The van der Waals surface area contributed by atoms with E-state index >= 15 is 0 Å². The molecule has 1 aromatic heterocycles. The van der Waals surface area contributed by atoms with Gasteiger partial charge in [0, 0.05) is 22.7 Å². The minimum atomic E-state index is -0.121. The van der Waals surface area contributed by atoms with Gasteiger partial charge < -0.3 is 10.6 Å². The molecule has 22 heavy (non-hydrogen) atoms. The summed E-state index contributed by atoms with van der Waals surface area (Å²) in [4.78, 5) is 12.6. The molecular weight excluding hydrogens is 300 g/mol. The molecule has 1 amide bonds. The molecule has 1 fully saturated rings. The molecule has 0 aliphatic carbocycles. The van der Waals surface area contributed by atoms with Gasteiger partial charge in [0.05, 0.1) is 17.5 Å². The van der Waals surface area contributed by atoms with E-state index in [1.807, 2.05) is 18.2 Å². The first kappa shape index (κ1) is 15.1. The minimum Gasteiger partial charge on any atom is -0.348 e. The molecule has 2 atom stereocenters. The van der Waals surface area contributed by atoms with Crippen molar-refractivity contribution in [3.05, 3.63) is 41.0 Å². The Balaban J connectivity index is 1.82. The van der Waals surface area contributed by atoms with Crippen LogP contribution in [0.4, 0.5) is 0 Å². The number of benzene rings is 1. The van der Waals surface area contributed by atoms with Gasteiger partial charge in [0.1, 0.15) is 0 Å². The van der Waals surface area contributed by atoms with Gasteiger partial charge in [-0.25, -0.2) is 0 Å². The van der Waals surface area contributed by atoms with Crippen LogP contribution in [0.15, 0.2) is 30.5 Å². The molecule has 2 heterocycles. The summed E-state index contributed by atoms with van der Waals surface area (Å²) in [7, 11) is 0. The average Bonchev–Trinajstić information content (AvgIpc) is 2.99. The van der Waals surface area contributed by atoms with Crippen molar-refractivity contribution in [2.45, 2.75) is 31.8 Å². The van der Waals surface area contributed by atoms with Crippen molar-refractivity contribution in [3.63, 3.8) is 0 Å². The first-order valence-electron chi connectivity index (χ1n) is 7.49. The van der Waals surface area contributed by atoms with Crippen LogP contribution in [-0.4, -0.2) is 34.7 Å². The van der Waals surface area contributed by atoms with Crippen LogP contribution >= 0.6 is 11.6 Å². The highest BCUT2D eigenvalue weighted by Gasteiger charge is 2.25. The van der Waals surface area contributed by atoms with Crippen LogP contribution in [0.25, 0.3) is 11.3 Å². The number of hydrogen-bond acceptors (Lipinski definition) is 3. The summed E-state index contributed by atoms with van der Waals surface area (Å²) < 4.78 is 0. The van der Waals surface area contributed by atoms with E-state index < -0.39 is 0 Å². The Morgan fingerprint density at radius 2 is 2.23 bits per heavy atom. The fourth-order valence-electron chi connectivity index (χ4n) is 2.81. The van der Waals surface area contributed by atoms with E-state index in [0.717, 1.165) is 24.9 Å². The Morgan fingerprint density at radius 3 is 3.00 bits per heavy atom. The van der Waals surface area contributed by atoms with E-state index in [0.29, 0.717) is 16.3 Å². The van der Waals surface area contributed by atoms with E-state index in [4.69, 9.17) is 11.6 Å². The summed E-state index contributed by atoms with van der Waals surface area (Å²) in [5.41, 5.74) is 1.95. The Morgan fingerprint density at radius 1 is 1.41 bits per heavy atom. The number of carbonyl (C=O) groups is 1. The highest BCUT2D eigenvalue weighted by Crippen LogP contribution is 2.28. The van der Waals surface area contributed by atoms with E-state index in [1.165, 1.54) is 0 Å². The van der Waals surface area contributed by atoms with Gasteiger partial charge in [0.2, 0.25) is 0 Å². The van der Waals surface area contributed by atoms with Gasteiger partial charge in [-0.05, 0) is 32.4 Å². The van der Waals surface area contributed by atoms with Gasteiger partial charge in [0.25, 0.3) is 5.91 Å². The molecule has 1 saturated heterocycles. The highest BCUT2D eigenvalue weighted by atomic mass is 35.5. The molecule has 3 rings (SSSR count). The molecule has 5 nitrogen and oxygen atoms in total. The molecular formula is C16H19ClN4O. The number of hydrogen-bond donors (Lipinski definition) is 3. The number of nitrogens with zero attached hydrogens (tertiary/aromatic N) is 1. The molecule has 2 unspecified atom stereocenters. The zero-order chi connectivity index (χ0) is 15.5. The van der Waals surface area contributed by atoms with Gasteiger partial charge in [-0.1, -0.05) is 29.8 Å². The van der Waals surface area contributed by atoms with Gasteiger partial charge in [-0.2, -0.15) is 5.10 Å². The molecule has 0 radical (unpaired) electrons. The zero-order valence-electron chi connectivity index (χ0n) is 12.4. The van der Waals surface area contributed by atoms with Gasteiger partial charge in [-0.15, -0.1) is 0 Å². The van der Waals surface area contributed by atoms with Crippen LogP contribution in [0, 0.1) is 0 Å². The van der Waals surface area contributed by atoms with Crippen LogP contribution in [0.2, 0.25) is 5.02 Å². The number of piperidine rings is 1. The third kappa shape index (κ3) is 3.00. The number of rotatable bonds is 3. The summed E-state index contributed by atoms with van der Waals surface area (Å²) in [5, 5.41) is 14.0.